The Labute approximate surface area is 166 Å². The van der Waals surface area contributed by atoms with Crippen molar-refractivity contribution in [2.24, 2.45) is 28.6 Å². The summed E-state index contributed by atoms with van der Waals surface area (Å²) in [4.78, 5) is 12.8. The SMILES string of the molecule is Cc1cc(O)cc(O)c1C(=O)O[C@@H]1C[C@]2(C)C3CC(C)(C)CC3C=C(CO)[C@H]12. The van der Waals surface area contributed by atoms with Crippen LogP contribution in [-0.2, 0) is 4.74 Å². The highest BCUT2D eigenvalue weighted by atomic mass is 16.5. The number of aryl methyl sites for hydroxylation is 1. The van der Waals surface area contributed by atoms with E-state index in [9.17, 15) is 20.1 Å². The number of aliphatic hydroxyl groups is 1. The number of aliphatic hydroxyl groups excluding tert-OH is 1. The molecule has 1 aromatic rings. The van der Waals surface area contributed by atoms with Crippen LogP contribution in [0.15, 0.2) is 23.8 Å². The van der Waals surface area contributed by atoms with Crippen molar-refractivity contribution in [2.45, 2.75) is 53.1 Å². The topological polar surface area (TPSA) is 87.0 Å². The zero-order valence-corrected chi connectivity index (χ0v) is 17.0. The van der Waals surface area contributed by atoms with Crippen LogP contribution in [0.1, 0.15) is 56.0 Å². The molecule has 3 N–H and O–H groups in total. The molecule has 5 atom stereocenters. The first-order valence-corrected chi connectivity index (χ1v) is 10.1. The van der Waals surface area contributed by atoms with Crippen molar-refractivity contribution in [3.8, 4) is 11.5 Å². The number of allylic oxidation sites excluding steroid dienone is 1. The summed E-state index contributed by atoms with van der Waals surface area (Å²) in [6.07, 6.45) is 4.99. The number of hydrogen-bond donors (Lipinski definition) is 3. The highest BCUT2D eigenvalue weighted by Gasteiger charge is 2.63. The van der Waals surface area contributed by atoms with Gasteiger partial charge in [-0.15, -0.1) is 0 Å². The molecule has 3 aliphatic rings. The van der Waals surface area contributed by atoms with E-state index in [1.807, 2.05) is 0 Å². The number of phenols is 2. The van der Waals surface area contributed by atoms with Crippen molar-refractivity contribution < 1.29 is 24.9 Å². The number of benzene rings is 1. The zero-order chi connectivity index (χ0) is 20.4. The number of hydrogen-bond acceptors (Lipinski definition) is 5. The van der Waals surface area contributed by atoms with Gasteiger partial charge in [0.15, 0.2) is 0 Å². The molecule has 28 heavy (non-hydrogen) atoms. The third kappa shape index (κ3) is 2.83. The molecule has 2 saturated carbocycles. The predicted molar refractivity (Wildman–Crippen MR) is 105 cm³/mol. The van der Waals surface area contributed by atoms with Crippen LogP contribution in [0.2, 0.25) is 0 Å². The van der Waals surface area contributed by atoms with E-state index >= 15 is 0 Å². The molecule has 4 rings (SSSR count). The summed E-state index contributed by atoms with van der Waals surface area (Å²) in [5.41, 5.74) is 1.88. The first-order chi connectivity index (χ1) is 13.1. The lowest BCUT2D eigenvalue weighted by atomic mass is 9.47. The van der Waals surface area contributed by atoms with Gasteiger partial charge in [-0.3, -0.25) is 0 Å². The van der Waals surface area contributed by atoms with Gasteiger partial charge in [0.1, 0.15) is 23.2 Å². The maximum absolute atomic E-state index is 12.8. The summed E-state index contributed by atoms with van der Waals surface area (Å²) in [5, 5.41) is 29.7. The number of fused-ring (bicyclic) bond motifs is 3. The van der Waals surface area contributed by atoms with Crippen LogP contribution in [0.25, 0.3) is 0 Å². The fraction of sp³-hybridized carbons (Fsp3) is 0.609. The Hall–Kier alpha value is -2.01. The summed E-state index contributed by atoms with van der Waals surface area (Å²) < 4.78 is 5.81. The van der Waals surface area contributed by atoms with Gasteiger partial charge < -0.3 is 20.1 Å². The number of carbonyl (C=O) groups excluding carboxylic acids is 1. The van der Waals surface area contributed by atoms with Crippen LogP contribution < -0.4 is 0 Å². The second kappa shape index (κ2) is 6.24. The number of esters is 1. The van der Waals surface area contributed by atoms with E-state index in [4.69, 9.17) is 4.74 Å². The maximum atomic E-state index is 12.8. The van der Waals surface area contributed by atoms with Crippen molar-refractivity contribution >= 4 is 5.97 Å². The molecule has 0 aromatic heterocycles. The number of ether oxygens (including phenoxy) is 1. The Morgan fingerprint density at radius 1 is 1.18 bits per heavy atom. The standard InChI is InChI=1S/C23H30O5/c1-12-5-15(25)7-17(26)19(12)21(27)28-18-10-23(4)16-9-22(2,3)8-13(16)6-14(11-24)20(18)23/h5-7,13,16,18,20,24-26H,8-11H2,1-4H3/t13?,16?,18-,20-,23-/m1/s1. The lowest BCUT2D eigenvalue weighted by Gasteiger charge is -2.60. The minimum atomic E-state index is -0.576. The van der Waals surface area contributed by atoms with Crippen LogP contribution in [0.5, 0.6) is 11.5 Å². The van der Waals surface area contributed by atoms with E-state index in [0.29, 0.717) is 22.8 Å². The molecule has 5 nitrogen and oxygen atoms in total. The van der Waals surface area contributed by atoms with E-state index < -0.39 is 5.97 Å². The molecular weight excluding hydrogens is 356 g/mol. The lowest BCUT2D eigenvalue weighted by Crippen LogP contribution is -2.59. The van der Waals surface area contributed by atoms with Crippen LogP contribution in [0.4, 0.5) is 0 Å². The molecular formula is C23H30O5. The summed E-state index contributed by atoms with van der Waals surface area (Å²) in [7, 11) is 0. The molecule has 0 saturated heterocycles. The maximum Gasteiger partial charge on any atom is 0.342 e. The van der Waals surface area contributed by atoms with Gasteiger partial charge in [-0.05, 0) is 66.1 Å². The molecule has 0 radical (unpaired) electrons. The Morgan fingerprint density at radius 2 is 1.89 bits per heavy atom. The second-order valence-corrected chi connectivity index (χ2v) is 10.0. The fourth-order valence-corrected chi connectivity index (χ4v) is 6.35. The molecule has 2 fully saturated rings. The monoisotopic (exact) mass is 386 g/mol. The fourth-order valence-electron chi connectivity index (χ4n) is 6.35. The van der Waals surface area contributed by atoms with Gasteiger partial charge in [0.2, 0.25) is 0 Å². The van der Waals surface area contributed by atoms with Crippen molar-refractivity contribution in [3.05, 3.63) is 34.9 Å². The molecule has 152 valence electrons. The summed E-state index contributed by atoms with van der Waals surface area (Å²) in [5.74, 6) is 0.114. The van der Waals surface area contributed by atoms with Gasteiger partial charge in [-0.25, -0.2) is 4.79 Å². The van der Waals surface area contributed by atoms with E-state index in [2.05, 4.69) is 26.8 Å². The predicted octanol–water partition coefficient (Wildman–Crippen LogP) is 3.94. The number of phenolic OH excluding ortho intramolecular Hbond substituents is 2. The third-order valence-corrected chi connectivity index (χ3v) is 7.42. The van der Waals surface area contributed by atoms with Crippen molar-refractivity contribution in [1.29, 1.82) is 0 Å². The van der Waals surface area contributed by atoms with Crippen molar-refractivity contribution in [2.75, 3.05) is 6.61 Å². The number of aromatic hydroxyl groups is 2. The molecule has 3 aliphatic carbocycles. The molecule has 2 unspecified atom stereocenters. The molecule has 1 aromatic carbocycles. The van der Waals surface area contributed by atoms with E-state index in [1.165, 1.54) is 6.07 Å². The molecule has 0 aliphatic heterocycles. The largest absolute Gasteiger partial charge is 0.508 e. The second-order valence-electron chi connectivity index (χ2n) is 10.0. The van der Waals surface area contributed by atoms with Gasteiger partial charge in [0.25, 0.3) is 0 Å². The normalized spacial score (nSPS) is 35.4. The number of rotatable bonds is 3. The molecule has 5 heteroatoms. The van der Waals surface area contributed by atoms with Crippen LogP contribution >= 0.6 is 0 Å². The highest BCUT2D eigenvalue weighted by Crippen LogP contribution is 2.66. The van der Waals surface area contributed by atoms with Crippen LogP contribution in [0.3, 0.4) is 0 Å². The van der Waals surface area contributed by atoms with Gasteiger partial charge in [0.05, 0.1) is 6.61 Å². The van der Waals surface area contributed by atoms with Gasteiger partial charge in [-0.2, -0.15) is 0 Å². The lowest BCUT2D eigenvalue weighted by molar-refractivity contribution is -0.133. The number of carbonyl (C=O) groups is 1. The van der Waals surface area contributed by atoms with Gasteiger partial charge >= 0.3 is 5.97 Å². The Bertz CT molecular complexity index is 832. The summed E-state index contributed by atoms with van der Waals surface area (Å²) in [6, 6.07) is 2.59. The van der Waals surface area contributed by atoms with E-state index in [0.717, 1.165) is 30.9 Å². The average Bonchev–Trinajstić information content (AvgIpc) is 2.87. The van der Waals surface area contributed by atoms with Crippen LogP contribution in [-0.4, -0.2) is 34.0 Å². The smallest absolute Gasteiger partial charge is 0.342 e. The minimum Gasteiger partial charge on any atom is -0.508 e. The molecule has 0 spiro atoms. The van der Waals surface area contributed by atoms with E-state index in [-0.39, 0.29) is 41.1 Å². The summed E-state index contributed by atoms with van der Waals surface area (Å²) >= 11 is 0. The first kappa shape index (κ1) is 19.3. The Kier molecular flexibility index (Phi) is 4.31. The molecule has 0 amide bonds. The molecule has 0 bridgehead atoms. The van der Waals surface area contributed by atoms with Gasteiger partial charge in [0, 0.05) is 12.0 Å². The average molecular weight is 386 g/mol. The quantitative estimate of drug-likeness (QED) is 0.541. The Morgan fingerprint density at radius 3 is 2.54 bits per heavy atom. The van der Waals surface area contributed by atoms with Crippen molar-refractivity contribution in [1.82, 2.24) is 0 Å². The first-order valence-electron chi connectivity index (χ1n) is 10.1. The summed E-state index contributed by atoms with van der Waals surface area (Å²) in [6.45, 7) is 8.53. The van der Waals surface area contributed by atoms with Gasteiger partial charge in [-0.1, -0.05) is 26.8 Å². The van der Waals surface area contributed by atoms with Crippen molar-refractivity contribution in [3.63, 3.8) is 0 Å². The van der Waals surface area contributed by atoms with E-state index in [1.54, 1.807) is 6.92 Å². The van der Waals surface area contributed by atoms with Crippen LogP contribution in [0, 0.1) is 35.5 Å². The third-order valence-electron chi connectivity index (χ3n) is 7.42. The zero-order valence-electron chi connectivity index (χ0n) is 17.0. The highest BCUT2D eigenvalue weighted by molar-refractivity contribution is 5.94. The molecule has 0 heterocycles. The Balaban J connectivity index is 1.58. The minimum absolute atomic E-state index is 0.0125.